The number of hydrogen-bond donors (Lipinski definition) is 1. The third-order valence-corrected chi connectivity index (χ3v) is 4.48. The summed E-state index contributed by atoms with van der Waals surface area (Å²) >= 11 is 0. The molecular weight excluding hydrogens is 262 g/mol. The van der Waals surface area contributed by atoms with Gasteiger partial charge in [0.05, 0.1) is 17.7 Å². The fourth-order valence-corrected chi connectivity index (χ4v) is 3.08. The molecule has 3 nitrogen and oxygen atoms in total. The molecule has 0 aromatic heterocycles. The molecule has 1 saturated carbocycles. The Hall–Kier alpha value is -1.06. The molecule has 1 aliphatic rings. The maximum absolute atomic E-state index is 6.15. The lowest BCUT2D eigenvalue weighted by atomic mass is 9.83. The van der Waals surface area contributed by atoms with E-state index in [9.17, 15) is 0 Å². The van der Waals surface area contributed by atoms with Gasteiger partial charge in [-0.25, -0.2) is 0 Å². The Morgan fingerprint density at radius 1 is 1.14 bits per heavy atom. The third kappa shape index (κ3) is 3.78. The maximum atomic E-state index is 6.15. The van der Waals surface area contributed by atoms with Crippen molar-refractivity contribution in [3.63, 3.8) is 0 Å². The molecule has 1 fully saturated rings. The van der Waals surface area contributed by atoms with E-state index >= 15 is 0 Å². The number of likely N-dealkylation sites (N-methyl/N-ethyl adjacent to an activating group) is 1. The largest absolute Gasteiger partial charge is 0.490 e. The summed E-state index contributed by atoms with van der Waals surface area (Å²) in [5.74, 6) is 0.978. The second-order valence-corrected chi connectivity index (χ2v) is 5.81. The molecule has 1 unspecified atom stereocenters. The van der Waals surface area contributed by atoms with Crippen molar-refractivity contribution < 1.29 is 9.47 Å². The highest BCUT2D eigenvalue weighted by Crippen LogP contribution is 2.36. The fraction of sp³-hybridized carbons (Fsp3) is 0.667. The number of rotatable bonds is 9. The highest BCUT2D eigenvalue weighted by Gasteiger charge is 2.36. The first kappa shape index (κ1) is 16.3. The lowest BCUT2D eigenvalue weighted by Crippen LogP contribution is -2.44. The van der Waals surface area contributed by atoms with Crippen LogP contribution in [0.3, 0.4) is 0 Å². The van der Waals surface area contributed by atoms with E-state index in [1.54, 1.807) is 0 Å². The molecule has 1 aromatic carbocycles. The summed E-state index contributed by atoms with van der Waals surface area (Å²) in [5.41, 5.74) is 1.11. The highest BCUT2D eigenvalue weighted by molar-refractivity contribution is 5.31. The number of nitrogens with one attached hydrogen (secondary N) is 1. The third-order valence-electron chi connectivity index (χ3n) is 4.48. The predicted molar refractivity (Wildman–Crippen MR) is 86.8 cm³/mol. The Labute approximate surface area is 129 Å². The standard InChI is InChI=1S/C18H29NO2/c1-5-18(6-2,20-7-3)17(19-4)14-8-10-15(11-9-14)21-16-12-13-16/h8-11,16-17,19H,5-7,12-13H2,1-4H3. The Bertz CT molecular complexity index is 421. The van der Waals surface area contributed by atoms with Crippen LogP contribution in [0, 0.1) is 0 Å². The van der Waals surface area contributed by atoms with Gasteiger partial charge in [0.25, 0.3) is 0 Å². The van der Waals surface area contributed by atoms with Gasteiger partial charge >= 0.3 is 0 Å². The van der Waals surface area contributed by atoms with E-state index in [1.165, 1.54) is 18.4 Å². The Kier molecular flexibility index (Phi) is 5.65. The molecule has 118 valence electrons. The molecule has 1 atom stereocenters. The molecule has 0 heterocycles. The molecule has 0 aliphatic heterocycles. The monoisotopic (exact) mass is 291 g/mol. The van der Waals surface area contributed by atoms with E-state index in [0.29, 0.717) is 6.10 Å². The topological polar surface area (TPSA) is 30.5 Å². The molecule has 1 aromatic rings. The molecule has 0 saturated heterocycles. The van der Waals surface area contributed by atoms with Crippen LogP contribution in [0.25, 0.3) is 0 Å². The van der Waals surface area contributed by atoms with Crippen molar-refractivity contribution in [1.82, 2.24) is 5.32 Å². The minimum Gasteiger partial charge on any atom is -0.490 e. The molecule has 1 N–H and O–H groups in total. The van der Waals surface area contributed by atoms with E-state index in [-0.39, 0.29) is 11.6 Å². The molecule has 21 heavy (non-hydrogen) atoms. The average Bonchev–Trinajstić information content (AvgIpc) is 3.32. The summed E-state index contributed by atoms with van der Waals surface area (Å²) in [6.45, 7) is 7.21. The molecule has 0 spiro atoms. The lowest BCUT2D eigenvalue weighted by Gasteiger charge is -2.39. The zero-order valence-corrected chi connectivity index (χ0v) is 13.8. The van der Waals surface area contributed by atoms with Crippen LogP contribution < -0.4 is 10.1 Å². The first-order valence-corrected chi connectivity index (χ1v) is 8.26. The predicted octanol–water partition coefficient (Wildman–Crippen LogP) is 4.08. The fourth-order valence-electron chi connectivity index (χ4n) is 3.08. The van der Waals surface area contributed by atoms with Crippen molar-refractivity contribution in [3.05, 3.63) is 29.8 Å². The van der Waals surface area contributed by atoms with Gasteiger partial charge in [-0.15, -0.1) is 0 Å². The normalized spacial score (nSPS) is 16.8. The van der Waals surface area contributed by atoms with Gasteiger partial charge in [-0.2, -0.15) is 0 Å². The van der Waals surface area contributed by atoms with Gasteiger partial charge in [0.2, 0.25) is 0 Å². The second-order valence-electron chi connectivity index (χ2n) is 5.81. The second kappa shape index (κ2) is 7.28. The van der Waals surface area contributed by atoms with E-state index in [1.807, 2.05) is 7.05 Å². The summed E-state index contributed by atoms with van der Waals surface area (Å²) in [6, 6.07) is 8.69. The van der Waals surface area contributed by atoms with E-state index in [2.05, 4.69) is 50.4 Å². The zero-order valence-electron chi connectivity index (χ0n) is 13.8. The van der Waals surface area contributed by atoms with Gasteiger partial charge in [0.1, 0.15) is 5.75 Å². The van der Waals surface area contributed by atoms with Crippen LogP contribution >= 0.6 is 0 Å². The number of hydrogen-bond acceptors (Lipinski definition) is 3. The zero-order chi connectivity index (χ0) is 15.3. The molecular formula is C18H29NO2. The van der Waals surface area contributed by atoms with Crippen LogP contribution in [-0.2, 0) is 4.74 Å². The molecule has 0 bridgehead atoms. The number of ether oxygens (including phenoxy) is 2. The maximum Gasteiger partial charge on any atom is 0.119 e. The minimum atomic E-state index is -0.150. The Balaban J connectivity index is 2.17. The summed E-state index contributed by atoms with van der Waals surface area (Å²) in [4.78, 5) is 0. The first-order valence-electron chi connectivity index (χ1n) is 8.26. The van der Waals surface area contributed by atoms with Crippen LogP contribution in [0.4, 0.5) is 0 Å². The Morgan fingerprint density at radius 2 is 1.76 bits per heavy atom. The summed E-state index contributed by atoms with van der Waals surface area (Å²) in [5, 5.41) is 3.45. The molecule has 3 heteroatoms. The van der Waals surface area contributed by atoms with Gasteiger partial charge in [-0.3, -0.25) is 0 Å². The molecule has 0 radical (unpaired) electrons. The van der Waals surface area contributed by atoms with E-state index in [4.69, 9.17) is 9.47 Å². The average molecular weight is 291 g/mol. The van der Waals surface area contributed by atoms with Crippen LogP contribution in [0.2, 0.25) is 0 Å². The summed E-state index contributed by atoms with van der Waals surface area (Å²) in [6.07, 6.45) is 4.82. The van der Waals surface area contributed by atoms with Crippen molar-refractivity contribution in [2.24, 2.45) is 0 Å². The van der Waals surface area contributed by atoms with Crippen LogP contribution in [0.15, 0.2) is 24.3 Å². The van der Waals surface area contributed by atoms with Gasteiger partial charge < -0.3 is 14.8 Å². The quantitative estimate of drug-likeness (QED) is 0.743. The van der Waals surface area contributed by atoms with Crippen molar-refractivity contribution in [3.8, 4) is 5.75 Å². The van der Waals surface area contributed by atoms with Crippen molar-refractivity contribution in [2.75, 3.05) is 13.7 Å². The van der Waals surface area contributed by atoms with Gasteiger partial charge in [0.15, 0.2) is 0 Å². The van der Waals surface area contributed by atoms with Crippen molar-refractivity contribution in [2.45, 2.75) is 64.2 Å². The van der Waals surface area contributed by atoms with Crippen LogP contribution in [0.5, 0.6) is 5.75 Å². The molecule has 0 amide bonds. The van der Waals surface area contributed by atoms with E-state index < -0.39 is 0 Å². The SMILES string of the molecule is CCOC(CC)(CC)C(NC)c1ccc(OC2CC2)cc1. The smallest absolute Gasteiger partial charge is 0.119 e. The summed E-state index contributed by atoms with van der Waals surface area (Å²) < 4.78 is 12.0. The van der Waals surface area contributed by atoms with Crippen molar-refractivity contribution in [1.29, 1.82) is 0 Å². The van der Waals surface area contributed by atoms with Crippen LogP contribution in [0.1, 0.15) is 58.1 Å². The number of benzene rings is 1. The van der Waals surface area contributed by atoms with Gasteiger partial charge in [-0.05, 0) is 57.4 Å². The minimum absolute atomic E-state index is 0.150. The molecule has 2 rings (SSSR count). The summed E-state index contributed by atoms with van der Waals surface area (Å²) in [7, 11) is 2.01. The van der Waals surface area contributed by atoms with Gasteiger partial charge in [0, 0.05) is 6.61 Å². The van der Waals surface area contributed by atoms with Gasteiger partial charge in [-0.1, -0.05) is 26.0 Å². The van der Waals surface area contributed by atoms with E-state index in [0.717, 1.165) is 25.2 Å². The van der Waals surface area contributed by atoms with Crippen molar-refractivity contribution >= 4 is 0 Å². The first-order chi connectivity index (χ1) is 10.2. The lowest BCUT2D eigenvalue weighted by molar-refractivity contribution is -0.0717. The highest BCUT2D eigenvalue weighted by atomic mass is 16.5. The molecule has 1 aliphatic carbocycles. The Morgan fingerprint density at radius 3 is 2.19 bits per heavy atom. The van der Waals surface area contributed by atoms with Crippen LogP contribution in [-0.4, -0.2) is 25.4 Å².